The highest BCUT2D eigenvalue weighted by atomic mass is 32.1. The first-order chi connectivity index (χ1) is 19.6. The zero-order chi connectivity index (χ0) is 28.9. The van der Waals surface area contributed by atoms with Gasteiger partial charge in [0, 0.05) is 55.1 Å². The van der Waals surface area contributed by atoms with Crippen LogP contribution in [0.5, 0.6) is 0 Å². The highest BCUT2D eigenvalue weighted by Crippen LogP contribution is 2.46. The van der Waals surface area contributed by atoms with Gasteiger partial charge in [-0.2, -0.15) is 0 Å². The van der Waals surface area contributed by atoms with Crippen molar-refractivity contribution in [3.8, 4) is 11.3 Å². The van der Waals surface area contributed by atoms with Gasteiger partial charge in [0.05, 0.1) is 11.8 Å². The molecule has 41 heavy (non-hydrogen) atoms. The van der Waals surface area contributed by atoms with Crippen molar-refractivity contribution in [3.63, 3.8) is 0 Å². The van der Waals surface area contributed by atoms with Gasteiger partial charge in [-0.1, -0.05) is 32.9 Å². The van der Waals surface area contributed by atoms with Crippen LogP contribution in [0.3, 0.4) is 0 Å². The van der Waals surface area contributed by atoms with E-state index in [-0.39, 0.29) is 41.6 Å². The molecule has 4 atom stereocenters. The highest BCUT2D eigenvalue weighted by Gasteiger charge is 2.56. The molecule has 0 bridgehead atoms. The molecule has 1 aliphatic carbocycles. The summed E-state index contributed by atoms with van der Waals surface area (Å²) >= 11 is 1.65. The largest absolute Gasteiger partial charge is 0.367 e. The number of hydrogen-bond donors (Lipinski definition) is 1. The summed E-state index contributed by atoms with van der Waals surface area (Å²) in [5.74, 6) is 0.229. The monoisotopic (exact) mass is 579 g/mol. The second kappa shape index (κ2) is 11.1. The summed E-state index contributed by atoms with van der Waals surface area (Å²) in [6.45, 7) is 10.8. The molecule has 0 spiro atoms. The molecular formula is C31H41N5O4S. The molecule has 3 saturated heterocycles. The van der Waals surface area contributed by atoms with E-state index in [0.717, 1.165) is 55.4 Å². The first-order valence-electron chi connectivity index (χ1n) is 14.8. The molecule has 1 aromatic carbocycles. The molecular weight excluding hydrogens is 538 g/mol. The number of ketones is 1. The summed E-state index contributed by atoms with van der Waals surface area (Å²) in [6.07, 6.45) is 2.52. The van der Waals surface area contributed by atoms with Gasteiger partial charge in [-0.05, 0) is 49.8 Å². The van der Waals surface area contributed by atoms with E-state index in [2.05, 4.69) is 48.3 Å². The number of Topliss-reactive ketones (excluding diaryl/α,β-unsaturated/α-hetero) is 1. The van der Waals surface area contributed by atoms with Crippen molar-refractivity contribution in [1.82, 2.24) is 20.1 Å². The van der Waals surface area contributed by atoms with Gasteiger partial charge < -0.3 is 24.8 Å². The fourth-order valence-electron chi connectivity index (χ4n) is 6.45. The topological polar surface area (TPSA) is 95.1 Å². The van der Waals surface area contributed by atoms with E-state index in [0.29, 0.717) is 24.4 Å². The van der Waals surface area contributed by atoms with Gasteiger partial charge in [-0.3, -0.25) is 14.4 Å². The highest BCUT2D eigenvalue weighted by molar-refractivity contribution is 7.14. The molecule has 6 rings (SSSR count). The van der Waals surface area contributed by atoms with E-state index in [1.807, 2.05) is 12.1 Å². The lowest BCUT2D eigenvalue weighted by Gasteiger charge is -2.32. The summed E-state index contributed by atoms with van der Waals surface area (Å²) in [5.41, 5.74) is 2.14. The standard InChI is InChI=1S/C31H41N5O4S/c1-31(2,3)15-23(29(39)36-16-22(19-5-6-19)27-26(36)25(37)17-40-27)32-28(38)21-9-7-20(8-10-21)24-18-41-30(33-24)35-13-11-34(4)12-14-35/h7-10,18-19,22-23,26-27H,5-6,11-17H2,1-4H3,(H,32,38)/t22-,23-,26+,27+/m0/s1. The number of likely N-dealkylation sites (N-methyl/N-ethyl adjacent to an activating group) is 1. The molecule has 1 aromatic heterocycles. The minimum atomic E-state index is -0.723. The van der Waals surface area contributed by atoms with Gasteiger partial charge in [0.1, 0.15) is 18.7 Å². The van der Waals surface area contributed by atoms with Crippen molar-refractivity contribution < 1.29 is 19.1 Å². The van der Waals surface area contributed by atoms with Gasteiger partial charge >= 0.3 is 0 Å². The molecule has 10 heteroatoms. The Morgan fingerprint density at radius 1 is 1.12 bits per heavy atom. The van der Waals surface area contributed by atoms with E-state index in [1.54, 1.807) is 28.4 Å². The summed E-state index contributed by atoms with van der Waals surface area (Å²) in [5, 5.41) is 6.11. The minimum absolute atomic E-state index is 0.0271. The number of piperazine rings is 1. The third-order valence-corrected chi connectivity index (χ3v) is 9.77. The Morgan fingerprint density at radius 3 is 2.49 bits per heavy atom. The molecule has 4 aliphatic rings. The molecule has 4 fully saturated rings. The zero-order valence-corrected chi connectivity index (χ0v) is 25.3. The number of nitrogens with zero attached hydrogens (tertiary/aromatic N) is 4. The van der Waals surface area contributed by atoms with Crippen molar-refractivity contribution in [3.05, 3.63) is 35.2 Å². The molecule has 3 aliphatic heterocycles. The SMILES string of the molecule is CN1CCN(c2nc(-c3ccc(C(=O)N[C@@H](CC(C)(C)C)C(=O)N4C[C@@H](C5CC5)[C@H]5OCC(=O)[C@H]54)cc3)cs2)CC1. The predicted molar refractivity (Wildman–Crippen MR) is 159 cm³/mol. The average Bonchev–Trinajstić information content (AvgIpc) is 3.35. The lowest BCUT2D eigenvalue weighted by Crippen LogP contribution is -2.53. The van der Waals surface area contributed by atoms with Crippen LogP contribution in [0.15, 0.2) is 29.6 Å². The van der Waals surface area contributed by atoms with Crippen LogP contribution in [0.4, 0.5) is 5.13 Å². The van der Waals surface area contributed by atoms with Crippen molar-refractivity contribution >= 4 is 34.1 Å². The average molecular weight is 580 g/mol. The van der Waals surface area contributed by atoms with Crippen LogP contribution in [-0.4, -0.2) is 96.9 Å². The number of rotatable bonds is 7. The molecule has 0 unspecified atom stereocenters. The van der Waals surface area contributed by atoms with Gasteiger partial charge in [-0.15, -0.1) is 11.3 Å². The minimum Gasteiger partial charge on any atom is -0.367 e. The van der Waals surface area contributed by atoms with E-state index in [9.17, 15) is 14.4 Å². The zero-order valence-electron chi connectivity index (χ0n) is 24.5. The van der Waals surface area contributed by atoms with Crippen LogP contribution in [0.25, 0.3) is 11.3 Å². The van der Waals surface area contributed by atoms with Crippen molar-refractivity contribution in [2.75, 3.05) is 51.3 Å². The Kier molecular flexibility index (Phi) is 7.67. The van der Waals surface area contributed by atoms with Gasteiger partial charge in [0.15, 0.2) is 10.9 Å². The molecule has 4 heterocycles. The van der Waals surface area contributed by atoms with Gasteiger partial charge in [0.25, 0.3) is 5.91 Å². The first-order valence-corrected chi connectivity index (χ1v) is 15.7. The summed E-state index contributed by atoms with van der Waals surface area (Å²) in [7, 11) is 2.14. The molecule has 9 nitrogen and oxygen atoms in total. The molecule has 2 amide bonds. The Bertz CT molecular complexity index is 1290. The number of carbonyl (C=O) groups excluding carboxylic acids is 3. The van der Waals surface area contributed by atoms with Crippen LogP contribution >= 0.6 is 11.3 Å². The normalized spacial score (nSPS) is 25.9. The number of hydrogen-bond acceptors (Lipinski definition) is 8. The van der Waals surface area contributed by atoms with Crippen molar-refractivity contribution in [2.45, 2.75) is 58.2 Å². The van der Waals surface area contributed by atoms with Crippen LogP contribution in [-0.2, 0) is 14.3 Å². The third kappa shape index (κ3) is 6.05. The number of anilines is 1. The Morgan fingerprint density at radius 2 is 1.83 bits per heavy atom. The van der Waals surface area contributed by atoms with Gasteiger partial charge in [0.2, 0.25) is 5.91 Å². The Hall–Kier alpha value is -2.82. The smallest absolute Gasteiger partial charge is 0.251 e. The Balaban J connectivity index is 1.15. The Labute approximate surface area is 246 Å². The van der Waals surface area contributed by atoms with Gasteiger partial charge in [-0.25, -0.2) is 4.98 Å². The lowest BCUT2D eigenvalue weighted by atomic mass is 9.87. The number of fused-ring (bicyclic) bond motifs is 1. The number of aromatic nitrogens is 1. The van der Waals surface area contributed by atoms with E-state index >= 15 is 0 Å². The second-order valence-corrected chi connectivity index (χ2v) is 14.2. The summed E-state index contributed by atoms with van der Waals surface area (Å²) in [4.78, 5) is 51.3. The molecule has 2 aromatic rings. The summed E-state index contributed by atoms with van der Waals surface area (Å²) < 4.78 is 5.86. The molecule has 1 N–H and O–H groups in total. The second-order valence-electron chi connectivity index (χ2n) is 13.4. The number of ether oxygens (including phenoxy) is 1. The number of benzene rings is 1. The summed E-state index contributed by atoms with van der Waals surface area (Å²) in [6, 6.07) is 6.17. The fraction of sp³-hybridized carbons (Fsp3) is 0.613. The van der Waals surface area contributed by atoms with Crippen LogP contribution in [0.2, 0.25) is 0 Å². The lowest BCUT2D eigenvalue weighted by molar-refractivity contribution is -0.138. The maximum absolute atomic E-state index is 13.9. The fourth-order valence-corrected chi connectivity index (χ4v) is 7.34. The number of amides is 2. The van der Waals surface area contributed by atoms with E-state index in [1.165, 1.54) is 0 Å². The van der Waals surface area contributed by atoms with E-state index < -0.39 is 12.1 Å². The third-order valence-electron chi connectivity index (χ3n) is 8.86. The van der Waals surface area contributed by atoms with Crippen LogP contribution in [0, 0.1) is 17.3 Å². The predicted octanol–water partition coefficient (Wildman–Crippen LogP) is 3.30. The van der Waals surface area contributed by atoms with Crippen LogP contribution in [0.1, 0.15) is 50.4 Å². The van der Waals surface area contributed by atoms with Crippen molar-refractivity contribution in [2.24, 2.45) is 17.3 Å². The number of thiazole rings is 1. The van der Waals surface area contributed by atoms with E-state index in [4.69, 9.17) is 9.72 Å². The molecule has 1 saturated carbocycles. The maximum atomic E-state index is 13.9. The molecule has 220 valence electrons. The number of nitrogens with one attached hydrogen (secondary N) is 1. The van der Waals surface area contributed by atoms with Crippen molar-refractivity contribution in [1.29, 1.82) is 0 Å². The maximum Gasteiger partial charge on any atom is 0.251 e. The molecule has 0 radical (unpaired) electrons. The number of carbonyl (C=O) groups is 3. The van der Waals surface area contributed by atoms with Crippen LogP contribution < -0.4 is 10.2 Å². The quantitative estimate of drug-likeness (QED) is 0.538. The number of likely N-dealkylation sites (tertiary alicyclic amines) is 1. The first kappa shape index (κ1) is 28.3.